The molecule has 0 aliphatic heterocycles. The summed E-state index contributed by atoms with van der Waals surface area (Å²) in [5.41, 5.74) is 1.29. The lowest BCUT2D eigenvalue weighted by Crippen LogP contribution is -2.18. The molecule has 1 unspecified atom stereocenters. The Morgan fingerprint density at radius 3 is 2.00 bits per heavy atom. The van der Waals surface area contributed by atoms with Gasteiger partial charge in [0, 0.05) is 16.2 Å². The molecular weight excluding hydrogens is 402 g/mol. The number of carboxylic acids is 1. The van der Waals surface area contributed by atoms with Crippen LogP contribution < -0.4 is 5.32 Å². The first-order valence-electron chi connectivity index (χ1n) is 10.9. The minimum Gasteiger partial charge on any atom is -0.478 e. The van der Waals surface area contributed by atoms with Gasteiger partial charge in [-0.1, -0.05) is 84.5 Å². The predicted molar refractivity (Wildman–Crippen MR) is 120 cm³/mol. The van der Waals surface area contributed by atoms with Crippen LogP contribution in [0.2, 0.25) is 0 Å². The largest absolute Gasteiger partial charge is 0.478 e. The molecule has 27 heavy (non-hydrogen) atoms. The second-order valence-corrected chi connectivity index (χ2v) is 8.43. The molecule has 0 aliphatic rings. The van der Waals surface area contributed by atoms with Crippen molar-refractivity contribution < 1.29 is 9.90 Å². The van der Waals surface area contributed by atoms with Gasteiger partial charge in [-0.3, -0.25) is 0 Å². The van der Waals surface area contributed by atoms with Gasteiger partial charge in [0.1, 0.15) is 0 Å². The quantitative estimate of drug-likeness (QED) is 0.256. The minimum atomic E-state index is -0.893. The summed E-state index contributed by atoms with van der Waals surface area (Å²) in [5, 5.41) is 12.6. The Balaban J connectivity index is 2.15. The number of aromatic carboxylic acids is 1. The summed E-state index contributed by atoms with van der Waals surface area (Å²) in [7, 11) is 0. The molecule has 1 aromatic rings. The van der Waals surface area contributed by atoms with Gasteiger partial charge in [0.15, 0.2) is 0 Å². The van der Waals surface area contributed by atoms with Crippen molar-refractivity contribution in [3.63, 3.8) is 0 Å². The van der Waals surface area contributed by atoms with Gasteiger partial charge < -0.3 is 10.4 Å². The van der Waals surface area contributed by atoms with E-state index in [-0.39, 0.29) is 0 Å². The Morgan fingerprint density at radius 1 is 0.963 bits per heavy atom. The zero-order chi connectivity index (χ0) is 19.9. The van der Waals surface area contributed by atoms with E-state index in [1.165, 1.54) is 77.0 Å². The molecule has 4 heteroatoms. The predicted octanol–water partition coefficient (Wildman–Crippen LogP) is 8.04. The van der Waals surface area contributed by atoms with Crippen LogP contribution in [0.1, 0.15) is 108 Å². The summed E-state index contributed by atoms with van der Waals surface area (Å²) >= 11 is 3.48. The van der Waals surface area contributed by atoms with Gasteiger partial charge in [0.2, 0.25) is 0 Å². The van der Waals surface area contributed by atoms with Crippen molar-refractivity contribution in [3.8, 4) is 0 Å². The van der Waals surface area contributed by atoms with Crippen molar-refractivity contribution in [2.75, 3.05) is 5.32 Å². The summed E-state index contributed by atoms with van der Waals surface area (Å²) in [4.78, 5) is 11.0. The van der Waals surface area contributed by atoms with Gasteiger partial charge >= 0.3 is 5.97 Å². The summed E-state index contributed by atoms with van der Waals surface area (Å²) < 4.78 is 0.819. The smallest absolute Gasteiger partial charge is 0.335 e. The molecule has 0 saturated heterocycles. The number of rotatable bonds is 16. The highest BCUT2D eigenvalue weighted by molar-refractivity contribution is 9.10. The van der Waals surface area contributed by atoms with Crippen LogP contribution in [0.5, 0.6) is 0 Å². The lowest BCUT2D eigenvalue weighted by molar-refractivity contribution is 0.0697. The fourth-order valence-electron chi connectivity index (χ4n) is 3.42. The highest BCUT2D eigenvalue weighted by atomic mass is 79.9. The van der Waals surface area contributed by atoms with E-state index < -0.39 is 5.97 Å². The molecule has 154 valence electrons. The van der Waals surface area contributed by atoms with Crippen molar-refractivity contribution in [1.82, 2.24) is 0 Å². The molecule has 0 aliphatic carbocycles. The van der Waals surface area contributed by atoms with E-state index in [0.29, 0.717) is 11.6 Å². The Hall–Kier alpha value is -1.03. The molecule has 0 amide bonds. The molecule has 0 heterocycles. The van der Waals surface area contributed by atoms with Gasteiger partial charge in [-0.25, -0.2) is 4.79 Å². The standard InChI is InChI=1S/C23H38BrNO2/c1-3-5-6-7-8-9-10-11-12-13-14-15-20(4-2)25-22-17-16-19(23(26)27)18-21(22)24/h16-18,20,25H,3-15H2,1-2H3,(H,26,27). The third-order valence-electron chi connectivity index (χ3n) is 5.22. The molecule has 0 bridgehead atoms. The highest BCUT2D eigenvalue weighted by Crippen LogP contribution is 2.26. The van der Waals surface area contributed by atoms with E-state index in [2.05, 4.69) is 35.1 Å². The molecule has 3 nitrogen and oxygen atoms in total. The first-order chi connectivity index (χ1) is 13.1. The molecule has 0 fully saturated rings. The van der Waals surface area contributed by atoms with Crippen LogP contribution in [-0.4, -0.2) is 17.1 Å². The number of halogens is 1. The molecular formula is C23H38BrNO2. The lowest BCUT2D eigenvalue weighted by atomic mass is 10.0. The average Bonchev–Trinajstić information content (AvgIpc) is 2.66. The highest BCUT2D eigenvalue weighted by Gasteiger charge is 2.10. The topological polar surface area (TPSA) is 49.3 Å². The maximum Gasteiger partial charge on any atom is 0.335 e. The van der Waals surface area contributed by atoms with Crippen LogP contribution in [0.25, 0.3) is 0 Å². The number of nitrogens with one attached hydrogen (secondary N) is 1. The second-order valence-electron chi connectivity index (χ2n) is 7.57. The molecule has 2 N–H and O–H groups in total. The number of hydrogen-bond donors (Lipinski definition) is 2. The third kappa shape index (κ3) is 10.8. The number of carboxylic acid groups (broad SMARTS) is 1. The Morgan fingerprint density at radius 2 is 1.52 bits per heavy atom. The van der Waals surface area contributed by atoms with E-state index in [1.54, 1.807) is 12.1 Å². The zero-order valence-electron chi connectivity index (χ0n) is 17.2. The normalized spacial score (nSPS) is 12.1. The average molecular weight is 440 g/mol. The Bertz CT molecular complexity index is 533. The second kappa shape index (κ2) is 15.0. The number of hydrogen-bond acceptors (Lipinski definition) is 2. The SMILES string of the molecule is CCCCCCCCCCCCCC(CC)Nc1ccc(C(=O)O)cc1Br. The van der Waals surface area contributed by atoms with E-state index >= 15 is 0 Å². The van der Waals surface area contributed by atoms with Crippen LogP contribution in [0.4, 0.5) is 5.69 Å². The number of unbranched alkanes of at least 4 members (excludes halogenated alkanes) is 10. The van der Waals surface area contributed by atoms with Gasteiger partial charge in [-0.15, -0.1) is 0 Å². The van der Waals surface area contributed by atoms with Crippen molar-refractivity contribution in [1.29, 1.82) is 0 Å². The molecule has 1 rings (SSSR count). The van der Waals surface area contributed by atoms with Gasteiger partial charge in [0.05, 0.1) is 5.56 Å². The van der Waals surface area contributed by atoms with Crippen LogP contribution in [0.3, 0.4) is 0 Å². The van der Waals surface area contributed by atoms with E-state index in [4.69, 9.17) is 5.11 Å². The fourth-order valence-corrected chi connectivity index (χ4v) is 3.91. The van der Waals surface area contributed by atoms with Crippen LogP contribution in [-0.2, 0) is 0 Å². The monoisotopic (exact) mass is 439 g/mol. The maximum absolute atomic E-state index is 11.0. The zero-order valence-corrected chi connectivity index (χ0v) is 18.8. The first kappa shape index (κ1) is 24.0. The van der Waals surface area contributed by atoms with Gasteiger partial charge in [-0.05, 0) is 47.0 Å². The van der Waals surface area contributed by atoms with Crippen molar-refractivity contribution in [2.45, 2.75) is 103 Å². The number of benzene rings is 1. The Kier molecular flexibility index (Phi) is 13.3. The summed E-state index contributed by atoms with van der Waals surface area (Å²) in [6.07, 6.45) is 17.3. The number of anilines is 1. The molecule has 0 spiro atoms. The molecule has 0 aromatic heterocycles. The van der Waals surface area contributed by atoms with E-state index in [9.17, 15) is 4.79 Å². The van der Waals surface area contributed by atoms with E-state index in [0.717, 1.165) is 16.6 Å². The molecule has 1 atom stereocenters. The van der Waals surface area contributed by atoms with Crippen molar-refractivity contribution in [2.24, 2.45) is 0 Å². The van der Waals surface area contributed by atoms with Crippen molar-refractivity contribution in [3.05, 3.63) is 28.2 Å². The molecule has 0 radical (unpaired) electrons. The van der Waals surface area contributed by atoms with Crippen LogP contribution in [0, 0.1) is 0 Å². The van der Waals surface area contributed by atoms with Gasteiger partial charge in [-0.2, -0.15) is 0 Å². The fraction of sp³-hybridized carbons (Fsp3) is 0.696. The minimum absolute atomic E-state index is 0.311. The van der Waals surface area contributed by atoms with Crippen LogP contribution in [0.15, 0.2) is 22.7 Å². The molecule has 0 saturated carbocycles. The lowest BCUT2D eigenvalue weighted by Gasteiger charge is -2.19. The first-order valence-corrected chi connectivity index (χ1v) is 11.7. The van der Waals surface area contributed by atoms with E-state index in [1.807, 2.05) is 6.07 Å². The maximum atomic E-state index is 11.0. The number of carbonyl (C=O) groups is 1. The molecule has 1 aromatic carbocycles. The summed E-state index contributed by atoms with van der Waals surface area (Å²) in [5.74, 6) is -0.893. The van der Waals surface area contributed by atoms with Crippen molar-refractivity contribution >= 4 is 27.6 Å². The summed E-state index contributed by atoms with van der Waals surface area (Å²) in [6, 6.07) is 5.62. The summed E-state index contributed by atoms with van der Waals surface area (Å²) in [6.45, 7) is 4.47. The third-order valence-corrected chi connectivity index (χ3v) is 5.88. The van der Waals surface area contributed by atoms with Crippen LogP contribution >= 0.6 is 15.9 Å². The Labute approximate surface area is 174 Å². The van der Waals surface area contributed by atoms with Gasteiger partial charge in [0.25, 0.3) is 0 Å².